The maximum Gasteiger partial charge on any atom is 0.416 e. The summed E-state index contributed by atoms with van der Waals surface area (Å²) < 4.78 is 36.2. The Morgan fingerprint density at radius 3 is 3.05 bits per heavy atom. The van der Waals surface area contributed by atoms with Gasteiger partial charge in [0, 0.05) is 13.0 Å². The zero-order chi connectivity index (χ0) is 14.0. The second-order valence-corrected chi connectivity index (χ2v) is 4.27. The second kappa shape index (κ2) is 5.17. The van der Waals surface area contributed by atoms with E-state index in [1.54, 1.807) is 0 Å². The molecule has 106 valence electrons. The predicted molar refractivity (Wildman–Crippen MR) is 58.0 cm³/mol. The van der Waals surface area contributed by atoms with Crippen LogP contribution in [0.3, 0.4) is 0 Å². The Balaban J connectivity index is 1.85. The monoisotopic (exact) mass is 278 g/mol. The number of imidazole rings is 1. The fourth-order valence-electron chi connectivity index (χ4n) is 1.79. The van der Waals surface area contributed by atoms with Gasteiger partial charge in [-0.1, -0.05) is 0 Å². The van der Waals surface area contributed by atoms with Crippen LogP contribution in [-0.4, -0.2) is 45.8 Å². The Hall–Kier alpha value is -1.61. The van der Waals surface area contributed by atoms with Crippen molar-refractivity contribution in [2.75, 3.05) is 6.54 Å². The molecule has 2 atom stereocenters. The van der Waals surface area contributed by atoms with E-state index in [2.05, 4.69) is 20.6 Å². The average molecular weight is 278 g/mol. The molecule has 2 unspecified atom stereocenters. The molecule has 0 fully saturated rings. The lowest BCUT2D eigenvalue weighted by molar-refractivity contribution is -0.201. The standard InChI is InChI=1S/C10H13F3N4O2/c11-10(12,13)8(18)3-15-9(19)6-1-5-7(2-14-6)17-4-16-5/h4,6,8,14,18H,1-3H2,(H,15,19)(H,16,17). The van der Waals surface area contributed by atoms with Crippen molar-refractivity contribution in [3.8, 4) is 0 Å². The molecule has 1 aliphatic rings. The van der Waals surface area contributed by atoms with Crippen molar-refractivity contribution in [3.63, 3.8) is 0 Å². The molecule has 4 N–H and O–H groups in total. The van der Waals surface area contributed by atoms with E-state index in [0.717, 1.165) is 11.4 Å². The summed E-state index contributed by atoms with van der Waals surface area (Å²) in [5, 5.41) is 13.7. The molecule has 2 rings (SSSR count). The minimum Gasteiger partial charge on any atom is -0.382 e. The number of nitrogens with one attached hydrogen (secondary N) is 3. The van der Waals surface area contributed by atoms with Crippen molar-refractivity contribution in [3.05, 3.63) is 17.7 Å². The van der Waals surface area contributed by atoms with E-state index in [4.69, 9.17) is 5.11 Å². The van der Waals surface area contributed by atoms with E-state index in [0.29, 0.717) is 13.0 Å². The summed E-state index contributed by atoms with van der Waals surface area (Å²) >= 11 is 0. The van der Waals surface area contributed by atoms with Gasteiger partial charge in [0.1, 0.15) is 0 Å². The number of carbonyl (C=O) groups is 1. The molecule has 0 bridgehead atoms. The number of fused-ring (bicyclic) bond motifs is 1. The van der Waals surface area contributed by atoms with Crippen LogP contribution in [0.5, 0.6) is 0 Å². The number of nitrogens with zero attached hydrogens (tertiary/aromatic N) is 1. The van der Waals surface area contributed by atoms with Crippen LogP contribution in [0.1, 0.15) is 11.4 Å². The number of aliphatic hydroxyl groups is 1. The number of carbonyl (C=O) groups excluding carboxylic acids is 1. The molecule has 1 amide bonds. The highest BCUT2D eigenvalue weighted by molar-refractivity contribution is 5.82. The van der Waals surface area contributed by atoms with Gasteiger partial charge in [0.15, 0.2) is 6.10 Å². The minimum absolute atomic E-state index is 0.298. The van der Waals surface area contributed by atoms with Crippen LogP contribution in [0.25, 0.3) is 0 Å². The normalized spacial score (nSPS) is 20.7. The third kappa shape index (κ3) is 3.24. The molecule has 0 aliphatic carbocycles. The first kappa shape index (κ1) is 13.8. The van der Waals surface area contributed by atoms with E-state index in [9.17, 15) is 18.0 Å². The molecule has 1 aromatic rings. The SMILES string of the molecule is O=C(NCC(O)C(F)(F)F)C1Cc2nc[nH]c2CN1. The summed E-state index contributed by atoms with van der Waals surface area (Å²) in [5.41, 5.74) is 1.58. The van der Waals surface area contributed by atoms with Gasteiger partial charge in [-0.25, -0.2) is 4.98 Å². The first-order valence-corrected chi connectivity index (χ1v) is 5.65. The zero-order valence-corrected chi connectivity index (χ0v) is 9.79. The van der Waals surface area contributed by atoms with Gasteiger partial charge in [-0.2, -0.15) is 13.2 Å². The lowest BCUT2D eigenvalue weighted by atomic mass is 10.0. The molecule has 2 heterocycles. The fraction of sp³-hybridized carbons (Fsp3) is 0.600. The van der Waals surface area contributed by atoms with Crippen LogP contribution in [0, 0.1) is 0 Å². The molecule has 0 spiro atoms. The first-order chi connectivity index (χ1) is 8.88. The molecular weight excluding hydrogens is 265 g/mol. The van der Waals surface area contributed by atoms with Gasteiger partial charge >= 0.3 is 6.18 Å². The van der Waals surface area contributed by atoms with Gasteiger partial charge in [0.05, 0.1) is 30.3 Å². The quantitative estimate of drug-likeness (QED) is 0.598. The number of alkyl halides is 3. The summed E-state index contributed by atoms with van der Waals surface area (Å²) in [5.74, 6) is -0.586. The van der Waals surface area contributed by atoms with Gasteiger partial charge in [-0.05, 0) is 0 Å². The van der Waals surface area contributed by atoms with Crippen LogP contribution in [-0.2, 0) is 17.8 Å². The summed E-state index contributed by atoms with van der Waals surface area (Å²) in [7, 11) is 0. The second-order valence-electron chi connectivity index (χ2n) is 4.27. The van der Waals surface area contributed by atoms with E-state index >= 15 is 0 Å². The lowest BCUT2D eigenvalue weighted by Gasteiger charge is -2.23. The maximum absolute atomic E-state index is 12.1. The highest BCUT2D eigenvalue weighted by Crippen LogP contribution is 2.19. The maximum atomic E-state index is 12.1. The van der Waals surface area contributed by atoms with Gasteiger partial charge in [-0.3, -0.25) is 10.1 Å². The molecule has 9 heteroatoms. The number of hydrogen-bond donors (Lipinski definition) is 4. The molecule has 1 aliphatic heterocycles. The van der Waals surface area contributed by atoms with Gasteiger partial charge in [0.2, 0.25) is 5.91 Å². The number of hydrogen-bond acceptors (Lipinski definition) is 4. The molecular formula is C10H13F3N4O2. The van der Waals surface area contributed by atoms with Crippen LogP contribution in [0.2, 0.25) is 0 Å². The Bertz CT molecular complexity index is 460. The summed E-state index contributed by atoms with van der Waals surface area (Å²) in [6.07, 6.45) is -5.49. The van der Waals surface area contributed by atoms with Crippen molar-refractivity contribution in [2.24, 2.45) is 0 Å². The summed E-state index contributed by atoms with van der Waals surface area (Å²) in [4.78, 5) is 18.6. The zero-order valence-electron chi connectivity index (χ0n) is 9.79. The first-order valence-electron chi connectivity index (χ1n) is 5.65. The van der Waals surface area contributed by atoms with Crippen molar-refractivity contribution in [1.29, 1.82) is 0 Å². The molecule has 0 saturated heterocycles. The topological polar surface area (TPSA) is 90.0 Å². The summed E-state index contributed by atoms with van der Waals surface area (Å²) in [6.45, 7) is -0.455. The average Bonchev–Trinajstić information content (AvgIpc) is 2.81. The third-order valence-corrected chi connectivity index (χ3v) is 2.89. The van der Waals surface area contributed by atoms with Crippen molar-refractivity contribution >= 4 is 5.91 Å². The number of rotatable bonds is 3. The molecule has 6 nitrogen and oxygen atoms in total. The predicted octanol–water partition coefficient (Wildman–Crippen LogP) is -0.537. The summed E-state index contributed by atoms with van der Waals surface area (Å²) in [6, 6.07) is -0.642. The number of aromatic nitrogens is 2. The number of aliphatic hydroxyl groups excluding tert-OH is 1. The van der Waals surface area contributed by atoms with Crippen LogP contribution in [0.4, 0.5) is 13.2 Å². The van der Waals surface area contributed by atoms with Gasteiger partial charge < -0.3 is 15.4 Å². The van der Waals surface area contributed by atoms with Crippen LogP contribution < -0.4 is 10.6 Å². The lowest BCUT2D eigenvalue weighted by Crippen LogP contribution is -2.50. The van der Waals surface area contributed by atoms with Gasteiger partial charge in [0.25, 0.3) is 0 Å². The molecule has 0 saturated carbocycles. The highest BCUT2D eigenvalue weighted by Gasteiger charge is 2.38. The largest absolute Gasteiger partial charge is 0.416 e. The van der Waals surface area contributed by atoms with Crippen LogP contribution in [0.15, 0.2) is 6.33 Å². The minimum atomic E-state index is -4.73. The van der Waals surface area contributed by atoms with Crippen molar-refractivity contribution in [2.45, 2.75) is 31.3 Å². The third-order valence-electron chi connectivity index (χ3n) is 2.89. The molecule has 0 radical (unpaired) electrons. The highest BCUT2D eigenvalue weighted by atomic mass is 19.4. The number of halogens is 3. The Morgan fingerprint density at radius 1 is 1.63 bits per heavy atom. The van der Waals surface area contributed by atoms with E-state index in [1.807, 2.05) is 0 Å². The number of aromatic amines is 1. The van der Waals surface area contributed by atoms with E-state index < -0.39 is 30.8 Å². The number of amides is 1. The Kier molecular flexibility index (Phi) is 3.76. The Labute approximate surface area is 106 Å². The Morgan fingerprint density at radius 2 is 2.37 bits per heavy atom. The molecule has 1 aromatic heterocycles. The van der Waals surface area contributed by atoms with Crippen molar-refractivity contribution in [1.82, 2.24) is 20.6 Å². The van der Waals surface area contributed by atoms with E-state index in [-0.39, 0.29) is 0 Å². The number of H-pyrrole nitrogens is 1. The molecule has 0 aromatic carbocycles. The van der Waals surface area contributed by atoms with Crippen molar-refractivity contribution < 1.29 is 23.1 Å². The molecule has 19 heavy (non-hydrogen) atoms. The fourth-order valence-corrected chi connectivity index (χ4v) is 1.79. The van der Waals surface area contributed by atoms with Crippen LogP contribution >= 0.6 is 0 Å². The van der Waals surface area contributed by atoms with E-state index in [1.165, 1.54) is 6.33 Å². The van der Waals surface area contributed by atoms with Gasteiger partial charge in [-0.15, -0.1) is 0 Å². The smallest absolute Gasteiger partial charge is 0.382 e.